The van der Waals surface area contributed by atoms with Gasteiger partial charge in [0.2, 0.25) is 0 Å². The predicted octanol–water partition coefficient (Wildman–Crippen LogP) is 1.53. The number of aliphatic carboxylic acids is 1. The Hall–Kier alpha value is -3.13. The lowest BCUT2D eigenvalue weighted by Gasteiger charge is -2.09. The first-order valence-electron chi connectivity index (χ1n) is 7.66. The van der Waals surface area contributed by atoms with Crippen LogP contribution in [0.5, 0.6) is 11.5 Å². The molecule has 26 heavy (non-hydrogen) atoms. The normalized spacial score (nSPS) is 10.8. The summed E-state index contributed by atoms with van der Waals surface area (Å²) in [5.74, 6) is -0.0698. The summed E-state index contributed by atoms with van der Waals surface area (Å²) >= 11 is 5.20. The van der Waals surface area contributed by atoms with Crippen LogP contribution >= 0.6 is 12.2 Å². The molecule has 136 valence electrons. The first-order chi connectivity index (χ1) is 12.5. The lowest BCUT2D eigenvalue weighted by atomic mass is 10.1. The summed E-state index contributed by atoms with van der Waals surface area (Å²) in [5, 5.41) is 18.0. The van der Waals surface area contributed by atoms with Crippen LogP contribution < -0.4 is 25.3 Å². The van der Waals surface area contributed by atoms with Gasteiger partial charge in [-0.1, -0.05) is 0 Å². The van der Waals surface area contributed by atoms with Gasteiger partial charge >= 0.3 is 0 Å². The second kappa shape index (κ2) is 9.38. The molecule has 0 saturated heterocycles. The fourth-order valence-electron chi connectivity index (χ4n) is 1.97. The second-order valence-corrected chi connectivity index (χ2v) is 5.58. The Morgan fingerprint density at radius 3 is 2.31 bits per heavy atom. The van der Waals surface area contributed by atoms with Gasteiger partial charge in [0.25, 0.3) is 0 Å². The molecule has 0 aliphatic heterocycles. The minimum absolute atomic E-state index is 0.350. The monoisotopic (exact) mass is 372 g/mol. The minimum atomic E-state index is -1.27. The van der Waals surface area contributed by atoms with Gasteiger partial charge in [0.05, 0.1) is 18.8 Å². The molecule has 0 aliphatic rings. The number of rotatable bonds is 7. The van der Waals surface area contributed by atoms with Crippen molar-refractivity contribution >= 4 is 34.7 Å². The number of methoxy groups -OCH3 is 1. The van der Waals surface area contributed by atoms with E-state index in [1.165, 1.54) is 0 Å². The maximum atomic E-state index is 10.4. The molecule has 0 heterocycles. The van der Waals surface area contributed by atoms with Crippen molar-refractivity contribution in [2.45, 2.75) is 6.92 Å². The summed E-state index contributed by atoms with van der Waals surface area (Å²) in [4.78, 5) is 10.4. The molecule has 2 N–H and O–H groups in total. The summed E-state index contributed by atoms with van der Waals surface area (Å²) < 4.78 is 10.1. The number of nitrogens with zero attached hydrogens (tertiary/aromatic N) is 1. The number of nitrogens with one attached hydrogen (secondary N) is 2. The number of anilines is 1. The number of carboxylic acids is 1. The van der Waals surface area contributed by atoms with E-state index in [2.05, 4.69) is 15.8 Å². The number of hydrogen-bond donors (Lipinski definition) is 2. The Morgan fingerprint density at radius 2 is 1.73 bits per heavy atom. The van der Waals surface area contributed by atoms with Crippen molar-refractivity contribution in [2.24, 2.45) is 5.10 Å². The number of carboxylic acid groups (broad SMARTS) is 1. The third kappa shape index (κ3) is 6.06. The third-order valence-electron chi connectivity index (χ3n) is 3.30. The standard InChI is InChI=1S/C18H19N3O4S/c1-12(13-3-7-16(8-4-13)25-11-17(22)23)20-21-18(26)19-14-5-9-15(24-2)10-6-14/h3-10H,11H2,1-2H3,(H,22,23)(H2,19,21,26)/p-1/b20-12-. The number of hydrazone groups is 1. The van der Waals surface area contributed by atoms with Gasteiger partial charge in [-0.15, -0.1) is 0 Å². The Bertz CT molecular complexity index is 789. The molecular weight excluding hydrogens is 354 g/mol. The Labute approximate surface area is 156 Å². The van der Waals surface area contributed by atoms with E-state index < -0.39 is 12.6 Å². The van der Waals surface area contributed by atoms with Gasteiger partial charge in [-0.25, -0.2) is 0 Å². The summed E-state index contributed by atoms with van der Waals surface area (Å²) in [6, 6.07) is 14.2. The van der Waals surface area contributed by atoms with Gasteiger partial charge in [0.15, 0.2) is 5.11 Å². The van der Waals surface area contributed by atoms with E-state index in [9.17, 15) is 9.90 Å². The molecule has 0 spiro atoms. The van der Waals surface area contributed by atoms with Crippen LogP contribution in [0, 0.1) is 0 Å². The van der Waals surface area contributed by atoms with Gasteiger partial charge in [-0.2, -0.15) is 5.10 Å². The first kappa shape index (κ1) is 19.2. The van der Waals surface area contributed by atoms with Crippen LogP contribution in [0.1, 0.15) is 12.5 Å². The zero-order chi connectivity index (χ0) is 18.9. The smallest absolute Gasteiger partial charge is 0.191 e. The van der Waals surface area contributed by atoms with Gasteiger partial charge in [0.1, 0.15) is 18.1 Å². The highest BCUT2D eigenvalue weighted by Gasteiger charge is 2.01. The van der Waals surface area contributed by atoms with E-state index in [0.717, 1.165) is 17.0 Å². The van der Waals surface area contributed by atoms with E-state index in [0.29, 0.717) is 16.6 Å². The molecule has 0 saturated carbocycles. The van der Waals surface area contributed by atoms with E-state index in [4.69, 9.17) is 21.7 Å². The van der Waals surface area contributed by atoms with E-state index >= 15 is 0 Å². The molecule has 2 rings (SSSR count). The zero-order valence-electron chi connectivity index (χ0n) is 14.3. The number of carbonyl (C=O) groups is 1. The molecular formula is C18H18N3O4S-. The maximum absolute atomic E-state index is 10.4. The number of hydrogen-bond acceptors (Lipinski definition) is 6. The molecule has 8 heteroatoms. The Kier molecular flexibility index (Phi) is 6.92. The third-order valence-corrected chi connectivity index (χ3v) is 3.50. The molecule has 0 radical (unpaired) electrons. The van der Waals surface area contributed by atoms with Gasteiger partial charge in [-0.3, -0.25) is 5.43 Å². The number of thiocarbonyl (C=S) groups is 1. The van der Waals surface area contributed by atoms with E-state index in [1.807, 2.05) is 31.2 Å². The lowest BCUT2D eigenvalue weighted by Crippen LogP contribution is -2.28. The molecule has 2 aromatic rings. The molecule has 2 aromatic carbocycles. The van der Waals surface area contributed by atoms with E-state index in [1.54, 1.807) is 31.4 Å². The van der Waals surface area contributed by atoms with Crippen LogP contribution in [0.4, 0.5) is 5.69 Å². The van der Waals surface area contributed by atoms with E-state index in [-0.39, 0.29) is 0 Å². The Balaban J connectivity index is 1.89. The molecule has 0 bridgehead atoms. The molecule has 0 aromatic heterocycles. The lowest BCUT2D eigenvalue weighted by molar-refractivity contribution is -0.307. The largest absolute Gasteiger partial charge is 0.546 e. The second-order valence-electron chi connectivity index (χ2n) is 5.18. The topological polar surface area (TPSA) is 95.0 Å². The highest BCUT2D eigenvalue weighted by molar-refractivity contribution is 7.80. The molecule has 0 unspecified atom stereocenters. The fraction of sp³-hybridized carbons (Fsp3) is 0.167. The first-order valence-corrected chi connectivity index (χ1v) is 8.07. The fourth-order valence-corrected chi connectivity index (χ4v) is 2.13. The summed E-state index contributed by atoms with van der Waals surface area (Å²) in [6.45, 7) is 1.33. The highest BCUT2D eigenvalue weighted by Crippen LogP contribution is 2.15. The van der Waals surface area contributed by atoms with Crippen molar-refractivity contribution in [1.82, 2.24) is 5.43 Å². The summed E-state index contributed by atoms with van der Waals surface area (Å²) in [6.07, 6.45) is 0. The molecule has 0 amide bonds. The van der Waals surface area contributed by atoms with Crippen LogP contribution in [0.25, 0.3) is 0 Å². The van der Waals surface area contributed by atoms with Crippen LogP contribution in [0.2, 0.25) is 0 Å². The molecule has 0 aliphatic carbocycles. The highest BCUT2D eigenvalue weighted by atomic mass is 32.1. The van der Waals surface area contributed by atoms with Crippen LogP contribution in [-0.4, -0.2) is 30.5 Å². The quantitative estimate of drug-likeness (QED) is 0.432. The average Bonchev–Trinajstić information content (AvgIpc) is 2.65. The molecule has 0 fully saturated rings. The predicted molar refractivity (Wildman–Crippen MR) is 102 cm³/mol. The Morgan fingerprint density at radius 1 is 1.12 bits per heavy atom. The number of carbonyl (C=O) groups excluding carboxylic acids is 1. The SMILES string of the molecule is COc1ccc(NC(=S)N/N=C(/C)c2ccc(OCC(=O)[O-])cc2)cc1. The van der Waals surface area contributed by atoms with Crippen molar-refractivity contribution in [3.63, 3.8) is 0 Å². The maximum Gasteiger partial charge on any atom is 0.191 e. The van der Waals surface area contributed by atoms with Crippen LogP contribution in [0.15, 0.2) is 53.6 Å². The minimum Gasteiger partial charge on any atom is -0.546 e. The number of ether oxygens (including phenoxy) is 2. The van der Waals surface area contributed by atoms with Crippen molar-refractivity contribution in [2.75, 3.05) is 19.0 Å². The average molecular weight is 372 g/mol. The van der Waals surface area contributed by atoms with Crippen molar-refractivity contribution < 1.29 is 19.4 Å². The number of benzene rings is 2. The molecule has 0 atom stereocenters. The van der Waals surface area contributed by atoms with Gasteiger partial charge in [-0.05, 0) is 73.2 Å². The summed E-state index contributed by atoms with van der Waals surface area (Å²) in [5.41, 5.74) is 5.13. The summed E-state index contributed by atoms with van der Waals surface area (Å²) in [7, 11) is 1.61. The van der Waals surface area contributed by atoms with Crippen molar-refractivity contribution in [3.8, 4) is 11.5 Å². The van der Waals surface area contributed by atoms with Gasteiger partial charge in [0, 0.05) is 5.69 Å². The zero-order valence-corrected chi connectivity index (χ0v) is 15.1. The molecule has 7 nitrogen and oxygen atoms in total. The van der Waals surface area contributed by atoms with Gasteiger partial charge < -0.3 is 24.7 Å². The van der Waals surface area contributed by atoms with Crippen LogP contribution in [0.3, 0.4) is 0 Å². The van der Waals surface area contributed by atoms with Crippen molar-refractivity contribution in [3.05, 3.63) is 54.1 Å². The van der Waals surface area contributed by atoms with Crippen LogP contribution in [-0.2, 0) is 4.79 Å². The van der Waals surface area contributed by atoms with Crippen molar-refractivity contribution in [1.29, 1.82) is 0 Å².